The summed E-state index contributed by atoms with van der Waals surface area (Å²) >= 11 is 0. The molecule has 0 saturated carbocycles. The maximum atomic E-state index is 12.7. The van der Waals surface area contributed by atoms with E-state index < -0.39 is 17.6 Å². The van der Waals surface area contributed by atoms with Crippen LogP contribution in [0, 0.1) is 0 Å². The Morgan fingerprint density at radius 2 is 1.76 bits per heavy atom. The topological polar surface area (TPSA) is 107 Å². The predicted molar refractivity (Wildman–Crippen MR) is 111 cm³/mol. The molecule has 152 valence electrons. The van der Waals surface area contributed by atoms with Crippen LogP contribution in [0.3, 0.4) is 0 Å². The van der Waals surface area contributed by atoms with Gasteiger partial charge in [0.2, 0.25) is 0 Å². The molecular weight excluding hydrogens is 370 g/mol. The van der Waals surface area contributed by atoms with Crippen molar-refractivity contribution in [3.8, 4) is 5.75 Å². The van der Waals surface area contributed by atoms with E-state index in [-0.39, 0.29) is 24.3 Å². The molecule has 0 fully saturated rings. The Labute approximate surface area is 168 Å². The third-order valence-corrected chi connectivity index (χ3v) is 4.61. The normalized spacial score (nSPS) is 12.7. The average Bonchev–Trinajstić information content (AvgIpc) is 2.68. The minimum atomic E-state index is -1.00. The first-order valence-electron chi connectivity index (χ1n) is 9.38. The Hall–Kier alpha value is -3.19. The van der Waals surface area contributed by atoms with E-state index in [0.29, 0.717) is 16.5 Å². The number of carbonyl (C=O) groups excluding carboxylic acids is 1. The largest absolute Gasteiger partial charge is 0.491 e. The van der Waals surface area contributed by atoms with Gasteiger partial charge in [0.25, 0.3) is 11.5 Å². The molecule has 7 heteroatoms. The summed E-state index contributed by atoms with van der Waals surface area (Å²) in [5.74, 6) is -0.0597. The van der Waals surface area contributed by atoms with E-state index in [4.69, 9.17) is 10.5 Å². The van der Waals surface area contributed by atoms with Crippen LogP contribution in [-0.2, 0) is 12.0 Å². The Kier molecular flexibility index (Phi) is 5.70. The first-order valence-corrected chi connectivity index (χ1v) is 9.38. The summed E-state index contributed by atoms with van der Waals surface area (Å²) in [6.45, 7) is 6.09. The van der Waals surface area contributed by atoms with Crippen LogP contribution in [0.2, 0.25) is 0 Å². The van der Waals surface area contributed by atoms with Crippen LogP contribution in [0.15, 0.2) is 53.3 Å². The summed E-state index contributed by atoms with van der Waals surface area (Å²) in [7, 11) is 0. The van der Waals surface area contributed by atoms with E-state index in [1.165, 1.54) is 0 Å². The SMILES string of the molecule is CC(C)(C)c1ccccc1OCC(O)Cn1nc(C(N)=O)c2ccccc2c1=O. The monoisotopic (exact) mass is 395 g/mol. The smallest absolute Gasteiger partial charge is 0.274 e. The molecule has 3 rings (SSSR count). The molecule has 2 aromatic carbocycles. The number of fused-ring (bicyclic) bond motifs is 1. The quantitative estimate of drug-likeness (QED) is 0.665. The molecule has 0 aliphatic rings. The van der Waals surface area contributed by atoms with Gasteiger partial charge in [-0.15, -0.1) is 0 Å². The number of aliphatic hydroxyl groups is 1. The molecule has 0 aliphatic heterocycles. The van der Waals surface area contributed by atoms with Gasteiger partial charge in [-0.3, -0.25) is 9.59 Å². The van der Waals surface area contributed by atoms with E-state index in [1.807, 2.05) is 24.3 Å². The van der Waals surface area contributed by atoms with Crippen molar-refractivity contribution >= 4 is 16.7 Å². The number of nitrogens with zero attached hydrogens (tertiary/aromatic N) is 2. The Bertz CT molecular complexity index is 1100. The number of para-hydroxylation sites is 1. The molecular formula is C22H25N3O4. The highest BCUT2D eigenvalue weighted by molar-refractivity contribution is 6.03. The summed E-state index contributed by atoms with van der Waals surface area (Å²) in [5, 5.41) is 15.2. The number of ether oxygens (including phenoxy) is 1. The lowest BCUT2D eigenvalue weighted by Crippen LogP contribution is -2.34. The van der Waals surface area contributed by atoms with Crippen LogP contribution in [-0.4, -0.2) is 33.5 Å². The van der Waals surface area contributed by atoms with Crippen LogP contribution in [0.1, 0.15) is 36.8 Å². The van der Waals surface area contributed by atoms with E-state index >= 15 is 0 Å². The number of rotatable bonds is 6. The lowest BCUT2D eigenvalue weighted by atomic mass is 9.86. The minimum absolute atomic E-state index is 0.00797. The average molecular weight is 395 g/mol. The Morgan fingerprint density at radius 1 is 1.14 bits per heavy atom. The third kappa shape index (κ3) is 4.46. The number of hydrogen-bond donors (Lipinski definition) is 2. The number of amides is 1. The number of aliphatic hydroxyl groups excluding tert-OH is 1. The van der Waals surface area contributed by atoms with Crippen LogP contribution in [0.4, 0.5) is 0 Å². The second kappa shape index (κ2) is 8.05. The molecule has 0 bridgehead atoms. The fourth-order valence-electron chi connectivity index (χ4n) is 3.19. The summed E-state index contributed by atoms with van der Waals surface area (Å²) < 4.78 is 6.88. The van der Waals surface area contributed by atoms with Gasteiger partial charge in [-0.25, -0.2) is 4.68 Å². The third-order valence-electron chi connectivity index (χ3n) is 4.61. The molecule has 3 N–H and O–H groups in total. The van der Waals surface area contributed by atoms with Gasteiger partial charge in [-0.05, 0) is 23.1 Å². The first kappa shape index (κ1) is 20.5. The fourth-order valence-corrected chi connectivity index (χ4v) is 3.19. The van der Waals surface area contributed by atoms with Crippen molar-refractivity contribution in [1.82, 2.24) is 9.78 Å². The zero-order valence-electron chi connectivity index (χ0n) is 16.8. The number of nitrogens with two attached hydrogens (primary N) is 1. The maximum absolute atomic E-state index is 12.7. The van der Waals surface area contributed by atoms with Crippen molar-refractivity contribution in [1.29, 1.82) is 0 Å². The second-order valence-corrected chi connectivity index (χ2v) is 7.96. The zero-order chi connectivity index (χ0) is 21.2. The van der Waals surface area contributed by atoms with Crippen molar-refractivity contribution in [2.45, 2.75) is 38.8 Å². The standard InChI is InChI=1S/C22H25N3O4/c1-22(2,3)17-10-6-7-11-18(17)29-13-14(26)12-25-21(28)16-9-5-4-8-15(16)19(24-25)20(23)27/h4-11,14,26H,12-13H2,1-3H3,(H2,23,27). The number of primary amides is 1. The molecule has 0 radical (unpaired) electrons. The summed E-state index contributed by atoms with van der Waals surface area (Å²) in [6, 6.07) is 14.3. The highest BCUT2D eigenvalue weighted by Crippen LogP contribution is 2.31. The van der Waals surface area contributed by atoms with Gasteiger partial charge in [0, 0.05) is 5.39 Å². The van der Waals surface area contributed by atoms with Gasteiger partial charge in [0.05, 0.1) is 11.9 Å². The van der Waals surface area contributed by atoms with Gasteiger partial charge in [-0.2, -0.15) is 5.10 Å². The number of benzene rings is 2. The molecule has 1 amide bonds. The van der Waals surface area contributed by atoms with E-state index in [9.17, 15) is 14.7 Å². The molecule has 7 nitrogen and oxygen atoms in total. The lowest BCUT2D eigenvalue weighted by Gasteiger charge is -2.23. The van der Waals surface area contributed by atoms with Gasteiger partial charge < -0.3 is 15.6 Å². The summed E-state index contributed by atoms with van der Waals surface area (Å²) in [5.41, 5.74) is 5.91. The molecule has 0 saturated heterocycles. The fraction of sp³-hybridized carbons (Fsp3) is 0.318. The van der Waals surface area contributed by atoms with E-state index in [1.54, 1.807) is 24.3 Å². The van der Waals surface area contributed by atoms with E-state index in [0.717, 1.165) is 10.2 Å². The molecule has 1 heterocycles. The van der Waals surface area contributed by atoms with Crippen LogP contribution in [0.25, 0.3) is 10.8 Å². The molecule has 1 atom stereocenters. The van der Waals surface area contributed by atoms with Gasteiger partial charge in [-0.1, -0.05) is 57.2 Å². The van der Waals surface area contributed by atoms with E-state index in [2.05, 4.69) is 25.9 Å². The molecule has 1 aromatic heterocycles. The van der Waals surface area contributed by atoms with Crippen molar-refractivity contribution < 1.29 is 14.6 Å². The lowest BCUT2D eigenvalue weighted by molar-refractivity contribution is 0.0862. The van der Waals surface area contributed by atoms with Crippen molar-refractivity contribution in [2.75, 3.05) is 6.61 Å². The van der Waals surface area contributed by atoms with Crippen LogP contribution < -0.4 is 16.0 Å². The van der Waals surface area contributed by atoms with Crippen LogP contribution >= 0.6 is 0 Å². The van der Waals surface area contributed by atoms with Crippen LogP contribution in [0.5, 0.6) is 5.75 Å². The Balaban J connectivity index is 1.83. The van der Waals surface area contributed by atoms with Gasteiger partial charge in [0.1, 0.15) is 18.5 Å². The van der Waals surface area contributed by atoms with Crippen molar-refractivity contribution in [3.05, 3.63) is 70.1 Å². The predicted octanol–water partition coefficient (Wildman–Crippen LogP) is 2.23. The summed E-state index contributed by atoms with van der Waals surface area (Å²) in [6.07, 6.45) is -1.00. The number of hydrogen-bond acceptors (Lipinski definition) is 5. The molecule has 0 aliphatic carbocycles. The molecule has 29 heavy (non-hydrogen) atoms. The zero-order valence-corrected chi connectivity index (χ0v) is 16.8. The second-order valence-electron chi connectivity index (χ2n) is 7.96. The molecule has 3 aromatic rings. The summed E-state index contributed by atoms with van der Waals surface area (Å²) in [4.78, 5) is 24.5. The van der Waals surface area contributed by atoms with Gasteiger partial charge in [0.15, 0.2) is 5.69 Å². The van der Waals surface area contributed by atoms with Gasteiger partial charge >= 0.3 is 0 Å². The minimum Gasteiger partial charge on any atom is -0.491 e. The van der Waals surface area contributed by atoms with Crippen molar-refractivity contribution in [2.24, 2.45) is 5.73 Å². The number of aromatic nitrogens is 2. The maximum Gasteiger partial charge on any atom is 0.274 e. The first-order chi connectivity index (χ1) is 13.7. The molecule has 1 unspecified atom stereocenters. The Morgan fingerprint density at radius 3 is 2.41 bits per heavy atom. The highest BCUT2D eigenvalue weighted by atomic mass is 16.5. The van der Waals surface area contributed by atoms with Crippen molar-refractivity contribution in [3.63, 3.8) is 0 Å². The molecule has 0 spiro atoms. The highest BCUT2D eigenvalue weighted by Gasteiger charge is 2.20. The number of carbonyl (C=O) groups is 1.